The molecule has 7 heteroatoms. The SMILES string of the molecule is CC(CC[C@@H]1CC[C@H](NC(=O)[C@@H]2CCCO2)C1)C(=O)c1ccc(-c2nc3ccccc3o2)cc1F. The van der Waals surface area contributed by atoms with Crippen LogP contribution >= 0.6 is 0 Å². The third kappa shape index (κ3) is 5.30. The van der Waals surface area contributed by atoms with Gasteiger partial charge in [0.05, 0.1) is 5.56 Å². The number of hydrogen-bond acceptors (Lipinski definition) is 5. The molecule has 1 amide bonds. The maximum Gasteiger partial charge on any atom is 0.249 e. The van der Waals surface area contributed by atoms with E-state index < -0.39 is 5.82 Å². The van der Waals surface area contributed by atoms with Crippen molar-refractivity contribution in [1.82, 2.24) is 10.3 Å². The Hall–Kier alpha value is -3.06. The Balaban J connectivity index is 1.14. The number of Topliss-reactive ketones (excluding diaryl/α,β-unsaturated/α-hetero) is 1. The van der Waals surface area contributed by atoms with Crippen LogP contribution in [-0.2, 0) is 9.53 Å². The zero-order valence-electron chi connectivity index (χ0n) is 20.0. The molecule has 1 N–H and O–H groups in total. The first-order valence-electron chi connectivity index (χ1n) is 12.6. The van der Waals surface area contributed by atoms with Crippen LogP contribution < -0.4 is 5.32 Å². The summed E-state index contributed by atoms with van der Waals surface area (Å²) in [6.45, 7) is 2.53. The van der Waals surface area contributed by atoms with Gasteiger partial charge in [0.2, 0.25) is 11.8 Å². The van der Waals surface area contributed by atoms with Gasteiger partial charge in [-0.25, -0.2) is 9.37 Å². The Morgan fingerprint density at radius 3 is 2.80 bits per heavy atom. The lowest BCUT2D eigenvalue weighted by Crippen LogP contribution is -2.40. The van der Waals surface area contributed by atoms with Crippen molar-refractivity contribution in [3.05, 3.63) is 53.8 Å². The van der Waals surface area contributed by atoms with Gasteiger partial charge in [0.15, 0.2) is 11.4 Å². The number of carbonyl (C=O) groups is 2. The van der Waals surface area contributed by atoms with E-state index in [1.807, 2.05) is 31.2 Å². The number of para-hydroxylation sites is 2. The lowest BCUT2D eigenvalue weighted by Gasteiger charge is -2.17. The predicted molar refractivity (Wildman–Crippen MR) is 130 cm³/mol. The van der Waals surface area contributed by atoms with Crippen molar-refractivity contribution in [2.24, 2.45) is 11.8 Å². The van der Waals surface area contributed by atoms with Crippen LogP contribution in [0.5, 0.6) is 0 Å². The fourth-order valence-corrected chi connectivity index (χ4v) is 5.27. The first kappa shape index (κ1) is 23.7. The minimum Gasteiger partial charge on any atom is -0.436 e. The summed E-state index contributed by atoms with van der Waals surface area (Å²) >= 11 is 0. The first-order valence-corrected chi connectivity index (χ1v) is 12.6. The van der Waals surface area contributed by atoms with Crippen LogP contribution in [0.15, 0.2) is 46.9 Å². The number of halogens is 1. The van der Waals surface area contributed by atoms with Crippen LogP contribution in [0.4, 0.5) is 4.39 Å². The van der Waals surface area contributed by atoms with E-state index in [4.69, 9.17) is 9.15 Å². The molecule has 1 unspecified atom stereocenters. The van der Waals surface area contributed by atoms with Gasteiger partial charge < -0.3 is 14.5 Å². The fourth-order valence-electron chi connectivity index (χ4n) is 5.27. The summed E-state index contributed by atoms with van der Waals surface area (Å²) in [5, 5.41) is 3.13. The molecule has 1 saturated carbocycles. The van der Waals surface area contributed by atoms with Crippen LogP contribution in [0.3, 0.4) is 0 Å². The van der Waals surface area contributed by atoms with E-state index in [1.54, 1.807) is 6.07 Å². The molecule has 1 aromatic heterocycles. The van der Waals surface area contributed by atoms with Crippen LogP contribution in [0.2, 0.25) is 0 Å². The van der Waals surface area contributed by atoms with Gasteiger partial charge in [-0.3, -0.25) is 9.59 Å². The highest BCUT2D eigenvalue weighted by molar-refractivity contribution is 5.98. The number of oxazole rings is 1. The van der Waals surface area contributed by atoms with Gasteiger partial charge in [-0.15, -0.1) is 0 Å². The van der Waals surface area contributed by atoms with Crippen molar-refractivity contribution in [2.75, 3.05) is 6.61 Å². The normalized spacial score (nSPS) is 23.0. The van der Waals surface area contributed by atoms with Crippen molar-refractivity contribution in [1.29, 1.82) is 0 Å². The minimum atomic E-state index is -0.556. The highest BCUT2D eigenvalue weighted by Gasteiger charge is 2.30. The van der Waals surface area contributed by atoms with Gasteiger partial charge in [0.25, 0.3) is 0 Å². The number of fused-ring (bicyclic) bond motifs is 1. The molecular weight excluding hydrogens is 447 g/mol. The molecule has 1 saturated heterocycles. The van der Waals surface area contributed by atoms with E-state index in [-0.39, 0.29) is 35.3 Å². The van der Waals surface area contributed by atoms with Gasteiger partial charge in [0, 0.05) is 24.1 Å². The lowest BCUT2D eigenvalue weighted by atomic mass is 9.90. The van der Waals surface area contributed by atoms with Crippen molar-refractivity contribution in [2.45, 2.75) is 64.0 Å². The quantitative estimate of drug-likeness (QED) is 0.420. The van der Waals surface area contributed by atoms with E-state index in [1.165, 1.54) is 12.1 Å². The number of ketones is 1. The molecule has 2 aliphatic rings. The monoisotopic (exact) mass is 478 g/mol. The van der Waals surface area contributed by atoms with E-state index >= 15 is 0 Å². The summed E-state index contributed by atoms with van der Waals surface area (Å²) in [6, 6.07) is 12.1. The summed E-state index contributed by atoms with van der Waals surface area (Å²) in [6.07, 6.45) is 5.94. The predicted octanol–water partition coefficient (Wildman–Crippen LogP) is 5.70. The molecule has 35 heavy (non-hydrogen) atoms. The zero-order chi connectivity index (χ0) is 24.4. The molecule has 2 fully saturated rings. The second kappa shape index (κ2) is 10.3. The molecule has 6 nitrogen and oxygen atoms in total. The zero-order valence-corrected chi connectivity index (χ0v) is 20.0. The Kier molecular flexibility index (Phi) is 6.95. The van der Waals surface area contributed by atoms with E-state index in [2.05, 4.69) is 10.3 Å². The number of nitrogens with one attached hydrogen (secondary N) is 1. The molecule has 184 valence electrons. The number of aromatic nitrogens is 1. The minimum absolute atomic E-state index is 0.00784. The fraction of sp³-hybridized carbons (Fsp3) is 0.464. The van der Waals surface area contributed by atoms with Gasteiger partial charge in [-0.1, -0.05) is 19.1 Å². The van der Waals surface area contributed by atoms with Crippen molar-refractivity contribution in [3.8, 4) is 11.5 Å². The maximum atomic E-state index is 14.9. The number of rotatable bonds is 8. The number of carbonyl (C=O) groups excluding carboxylic acids is 2. The smallest absolute Gasteiger partial charge is 0.249 e. The van der Waals surface area contributed by atoms with Crippen LogP contribution in [-0.4, -0.2) is 35.4 Å². The second-order valence-corrected chi connectivity index (χ2v) is 9.91. The summed E-state index contributed by atoms with van der Waals surface area (Å²) < 4.78 is 26.1. The molecule has 0 radical (unpaired) electrons. The van der Waals surface area contributed by atoms with E-state index in [0.717, 1.165) is 38.5 Å². The molecule has 2 heterocycles. The molecule has 0 spiro atoms. The third-order valence-electron chi connectivity index (χ3n) is 7.34. The van der Waals surface area contributed by atoms with Gasteiger partial charge in [0.1, 0.15) is 17.4 Å². The molecule has 5 rings (SSSR count). The van der Waals surface area contributed by atoms with E-state index in [0.29, 0.717) is 41.5 Å². The molecule has 0 bridgehead atoms. The first-order chi connectivity index (χ1) is 17.0. The summed E-state index contributed by atoms with van der Waals surface area (Å²) in [5.41, 5.74) is 1.95. The average molecular weight is 479 g/mol. The molecule has 2 aromatic carbocycles. The second-order valence-electron chi connectivity index (χ2n) is 9.91. The maximum absolute atomic E-state index is 14.9. The van der Waals surface area contributed by atoms with Crippen molar-refractivity contribution in [3.63, 3.8) is 0 Å². The molecule has 3 aromatic rings. The number of benzene rings is 2. The molecule has 1 aliphatic heterocycles. The number of nitrogens with zero attached hydrogens (tertiary/aromatic N) is 1. The Labute approximate surface area is 204 Å². The number of amides is 1. The molecular formula is C28H31FN2O4. The van der Waals surface area contributed by atoms with Crippen molar-refractivity contribution >= 4 is 22.8 Å². The Bertz CT molecular complexity index is 1180. The topological polar surface area (TPSA) is 81.4 Å². The van der Waals surface area contributed by atoms with Crippen LogP contribution in [0, 0.1) is 17.7 Å². The highest BCUT2D eigenvalue weighted by atomic mass is 19.1. The lowest BCUT2D eigenvalue weighted by molar-refractivity contribution is -0.130. The average Bonchev–Trinajstić information content (AvgIpc) is 3.63. The Morgan fingerprint density at radius 2 is 2.03 bits per heavy atom. The summed E-state index contributed by atoms with van der Waals surface area (Å²) in [4.78, 5) is 29.7. The van der Waals surface area contributed by atoms with Crippen molar-refractivity contribution < 1.29 is 23.1 Å². The standard InChI is InChI=1S/C28H31FN2O4/c1-17(8-9-18-10-12-20(15-18)30-27(33)25-7-4-14-34-25)26(32)21-13-11-19(16-22(21)29)28-31-23-5-2-3-6-24(23)35-28/h2-3,5-6,11,13,16-18,20,25H,4,7-10,12,14-15H2,1H3,(H,30,33)/t17?,18-,20+,25+/m1/s1. The van der Waals surface area contributed by atoms with Crippen LogP contribution in [0.1, 0.15) is 62.2 Å². The number of ether oxygens (including phenoxy) is 1. The molecule has 1 aliphatic carbocycles. The van der Waals surface area contributed by atoms with Gasteiger partial charge >= 0.3 is 0 Å². The summed E-state index contributed by atoms with van der Waals surface area (Å²) in [5.74, 6) is -0.216. The largest absolute Gasteiger partial charge is 0.436 e. The van der Waals surface area contributed by atoms with E-state index in [9.17, 15) is 14.0 Å². The Morgan fingerprint density at radius 1 is 1.17 bits per heavy atom. The van der Waals surface area contributed by atoms with Gasteiger partial charge in [-0.2, -0.15) is 0 Å². The third-order valence-corrected chi connectivity index (χ3v) is 7.34. The van der Waals surface area contributed by atoms with Gasteiger partial charge in [-0.05, 0) is 81.2 Å². The molecule has 4 atom stereocenters. The summed E-state index contributed by atoms with van der Waals surface area (Å²) in [7, 11) is 0. The highest BCUT2D eigenvalue weighted by Crippen LogP contribution is 2.32. The number of hydrogen-bond donors (Lipinski definition) is 1. The van der Waals surface area contributed by atoms with Crippen LogP contribution in [0.25, 0.3) is 22.6 Å².